The van der Waals surface area contributed by atoms with Crippen LogP contribution in [0.4, 0.5) is 0 Å². The van der Waals surface area contributed by atoms with Gasteiger partial charge in [-0.25, -0.2) is 4.98 Å². The maximum Gasteiger partial charge on any atom is 0.107 e. The zero-order chi connectivity index (χ0) is 10.0. The lowest BCUT2D eigenvalue weighted by Crippen LogP contribution is -2.45. The van der Waals surface area contributed by atoms with Crippen molar-refractivity contribution in [1.82, 2.24) is 9.88 Å². The van der Waals surface area contributed by atoms with Gasteiger partial charge in [-0.2, -0.15) is 0 Å². The van der Waals surface area contributed by atoms with Crippen molar-refractivity contribution in [3.63, 3.8) is 0 Å². The second-order valence-electron chi connectivity index (χ2n) is 4.24. The maximum absolute atomic E-state index is 9.91. The van der Waals surface area contributed by atoms with Crippen LogP contribution in [0.25, 0.3) is 0 Å². The smallest absolute Gasteiger partial charge is 0.107 e. The molecular weight excluding hydrogens is 196 g/mol. The molecule has 14 heavy (non-hydrogen) atoms. The van der Waals surface area contributed by atoms with Crippen LogP contribution in [0, 0.1) is 0 Å². The fraction of sp³-hybridized carbons (Fsp3) is 0.700. The Bertz CT molecular complexity index is 284. The molecule has 0 bridgehead atoms. The predicted molar refractivity (Wildman–Crippen MR) is 57.2 cm³/mol. The van der Waals surface area contributed by atoms with Crippen molar-refractivity contribution in [2.75, 3.05) is 13.1 Å². The third kappa shape index (κ3) is 2.53. The van der Waals surface area contributed by atoms with Crippen LogP contribution in [0.3, 0.4) is 0 Å². The Kier molecular flexibility index (Phi) is 2.85. The van der Waals surface area contributed by atoms with Crippen molar-refractivity contribution in [2.24, 2.45) is 0 Å². The van der Waals surface area contributed by atoms with E-state index in [9.17, 15) is 5.11 Å². The summed E-state index contributed by atoms with van der Waals surface area (Å²) in [5.74, 6) is 0. The molecule has 4 heteroatoms. The van der Waals surface area contributed by atoms with Crippen molar-refractivity contribution in [1.29, 1.82) is 0 Å². The zero-order valence-electron chi connectivity index (χ0n) is 8.44. The second-order valence-corrected chi connectivity index (χ2v) is 5.22. The predicted octanol–water partition coefficient (Wildman–Crippen LogP) is 1.49. The van der Waals surface area contributed by atoms with E-state index in [0.29, 0.717) is 0 Å². The van der Waals surface area contributed by atoms with Gasteiger partial charge >= 0.3 is 0 Å². The third-order valence-electron chi connectivity index (χ3n) is 2.60. The van der Waals surface area contributed by atoms with Gasteiger partial charge < -0.3 is 5.11 Å². The summed E-state index contributed by atoms with van der Waals surface area (Å²) in [7, 11) is 0. The van der Waals surface area contributed by atoms with E-state index in [1.165, 1.54) is 0 Å². The lowest BCUT2D eigenvalue weighted by Gasteiger charge is -2.36. The molecule has 0 amide bonds. The first-order chi connectivity index (χ1) is 6.66. The average molecular weight is 212 g/mol. The minimum atomic E-state index is -0.504. The molecule has 0 aliphatic carbocycles. The largest absolute Gasteiger partial charge is 0.389 e. The summed E-state index contributed by atoms with van der Waals surface area (Å²) in [5.41, 5.74) is -0.504. The number of piperidine rings is 1. The molecule has 1 aromatic rings. The van der Waals surface area contributed by atoms with Crippen LogP contribution in [0.5, 0.6) is 0 Å². The molecule has 3 nitrogen and oxygen atoms in total. The highest BCUT2D eigenvalue weighted by Crippen LogP contribution is 2.22. The Morgan fingerprint density at radius 2 is 2.57 bits per heavy atom. The van der Waals surface area contributed by atoms with Gasteiger partial charge in [-0.1, -0.05) is 0 Å². The molecule has 2 heterocycles. The van der Waals surface area contributed by atoms with Gasteiger partial charge in [0.05, 0.1) is 12.1 Å². The number of thiazole rings is 1. The first-order valence-electron chi connectivity index (χ1n) is 4.99. The fourth-order valence-corrected chi connectivity index (χ4v) is 2.64. The highest BCUT2D eigenvalue weighted by Gasteiger charge is 2.28. The number of nitrogens with zero attached hydrogens (tertiary/aromatic N) is 2. The monoisotopic (exact) mass is 212 g/mol. The normalized spacial score (nSPS) is 29.3. The van der Waals surface area contributed by atoms with Crippen LogP contribution in [0.15, 0.2) is 11.6 Å². The molecule has 0 saturated carbocycles. The molecule has 1 N–H and O–H groups in total. The standard InChI is InChI=1S/C10H16N2OS/c1-10(13)3-2-5-12(8-10)7-9-11-4-6-14-9/h4,6,13H,2-3,5,7-8H2,1H3. The number of hydrogen-bond donors (Lipinski definition) is 1. The Morgan fingerprint density at radius 3 is 3.21 bits per heavy atom. The molecular formula is C10H16N2OS. The van der Waals surface area contributed by atoms with Crippen LogP contribution in [0.2, 0.25) is 0 Å². The lowest BCUT2D eigenvalue weighted by atomic mass is 9.95. The van der Waals surface area contributed by atoms with Crippen LogP contribution in [-0.4, -0.2) is 33.7 Å². The summed E-state index contributed by atoms with van der Waals surface area (Å²) < 4.78 is 0. The maximum atomic E-state index is 9.91. The molecule has 1 saturated heterocycles. The summed E-state index contributed by atoms with van der Waals surface area (Å²) in [6.45, 7) is 4.65. The SMILES string of the molecule is CC1(O)CCCN(Cc2nccs2)C1. The molecule has 0 aromatic carbocycles. The van der Waals surface area contributed by atoms with E-state index < -0.39 is 5.60 Å². The molecule has 0 spiro atoms. The highest BCUT2D eigenvalue weighted by atomic mass is 32.1. The van der Waals surface area contributed by atoms with Gasteiger partial charge in [0, 0.05) is 18.1 Å². The minimum Gasteiger partial charge on any atom is -0.389 e. The van der Waals surface area contributed by atoms with E-state index in [4.69, 9.17) is 0 Å². The zero-order valence-corrected chi connectivity index (χ0v) is 9.26. The van der Waals surface area contributed by atoms with Crippen molar-refractivity contribution in [2.45, 2.75) is 31.9 Å². The Morgan fingerprint density at radius 1 is 1.71 bits per heavy atom. The van der Waals surface area contributed by atoms with Gasteiger partial charge in [-0.3, -0.25) is 4.90 Å². The van der Waals surface area contributed by atoms with Gasteiger partial charge in [0.15, 0.2) is 0 Å². The number of hydrogen-bond acceptors (Lipinski definition) is 4. The first kappa shape index (κ1) is 10.1. The van der Waals surface area contributed by atoms with E-state index in [0.717, 1.165) is 37.5 Å². The van der Waals surface area contributed by atoms with Crippen molar-refractivity contribution in [3.05, 3.63) is 16.6 Å². The highest BCUT2D eigenvalue weighted by molar-refractivity contribution is 7.09. The fourth-order valence-electron chi connectivity index (χ4n) is 1.98. The van der Waals surface area contributed by atoms with Gasteiger partial charge in [-0.05, 0) is 26.3 Å². The second kappa shape index (κ2) is 3.96. The molecule has 1 aliphatic heterocycles. The Hall–Kier alpha value is -0.450. The van der Waals surface area contributed by atoms with Crippen molar-refractivity contribution >= 4 is 11.3 Å². The van der Waals surface area contributed by atoms with Crippen LogP contribution in [-0.2, 0) is 6.54 Å². The van der Waals surface area contributed by atoms with E-state index in [1.807, 2.05) is 18.5 Å². The Labute approximate surface area is 88.4 Å². The van der Waals surface area contributed by atoms with Gasteiger partial charge in [0.2, 0.25) is 0 Å². The topological polar surface area (TPSA) is 36.4 Å². The van der Waals surface area contributed by atoms with E-state index in [2.05, 4.69) is 9.88 Å². The van der Waals surface area contributed by atoms with E-state index in [-0.39, 0.29) is 0 Å². The summed E-state index contributed by atoms with van der Waals surface area (Å²) in [5, 5.41) is 13.1. The van der Waals surface area contributed by atoms with Gasteiger partial charge in [0.25, 0.3) is 0 Å². The third-order valence-corrected chi connectivity index (χ3v) is 3.36. The van der Waals surface area contributed by atoms with Gasteiger partial charge in [-0.15, -0.1) is 11.3 Å². The molecule has 2 rings (SSSR count). The average Bonchev–Trinajstić information content (AvgIpc) is 2.54. The van der Waals surface area contributed by atoms with Crippen LogP contribution < -0.4 is 0 Å². The molecule has 1 fully saturated rings. The van der Waals surface area contributed by atoms with E-state index >= 15 is 0 Å². The van der Waals surface area contributed by atoms with Crippen LogP contribution in [0.1, 0.15) is 24.8 Å². The van der Waals surface area contributed by atoms with Gasteiger partial charge in [0.1, 0.15) is 5.01 Å². The molecule has 78 valence electrons. The summed E-state index contributed by atoms with van der Waals surface area (Å²) >= 11 is 1.68. The number of rotatable bonds is 2. The number of aromatic nitrogens is 1. The van der Waals surface area contributed by atoms with E-state index in [1.54, 1.807) is 11.3 Å². The number of β-amino-alcohol motifs (C(OH)–C–C–N with tert-alkyl or cyclic N) is 1. The lowest BCUT2D eigenvalue weighted by molar-refractivity contribution is -0.0181. The molecule has 1 unspecified atom stereocenters. The van der Waals surface area contributed by atoms with Crippen molar-refractivity contribution < 1.29 is 5.11 Å². The summed E-state index contributed by atoms with van der Waals surface area (Å²) in [4.78, 5) is 6.53. The molecule has 1 aliphatic rings. The molecule has 1 atom stereocenters. The Balaban J connectivity index is 1.92. The quantitative estimate of drug-likeness (QED) is 0.807. The number of aliphatic hydroxyl groups is 1. The molecule has 0 radical (unpaired) electrons. The summed E-state index contributed by atoms with van der Waals surface area (Å²) in [6, 6.07) is 0. The summed E-state index contributed by atoms with van der Waals surface area (Å²) in [6.07, 6.45) is 3.84. The molecule has 1 aromatic heterocycles. The number of likely N-dealkylation sites (tertiary alicyclic amines) is 1. The van der Waals surface area contributed by atoms with Crippen molar-refractivity contribution in [3.8, 4) is 0 Å². The first-order valence-corrected chi connectivity index (χ1v) is 5.87. The minimum absolute atomic E-state index is 0.504. The van der Waals surface area contributed by atoms with Crippen LogP contribution >= 0.6 is 11.3 Å².